The van der Waals surface area contributed by atoms with Crippen LogP contribution in [0.15, 0.2) is 60.7 Å². The summed E-state index contributed by atoms with van der Waals surface area (Å²) in [6.07, 6.45) is -0.283. The molecule has 0 amide bonds. The number of halogens is 1. The number of carbonyl (C=O) groups is 1. The standard InChI is InChI=1S/C24H22FNO4S/c1-15(2)30-31(29)14-21-20-12-18(25)10-11-22(20)26(23(21)24(27)28)13-17-8-5-7-16-6-3-4-9-19(16)17/h3-12,15H,13-14H2,1-2H3,(H,27,28). The first kappa shape index (κ1) is 21.2. The Morgan fingerprint density at radius 2 is 1.84 bits per heavy atom. The van der Waals surface area contributed by atoms with Gasteiger partial charge in [0.2, 0.25) is 0 Å². The van der Waals surface area contributed by atoms with E-state index in [2.05, 4.69) is 0 Å². The maximum absolute atomic E-state index is 14.1. The predicted molar refractivity (Wildman–Crippen MR) is 120 cm³/mol. The topological polar surface area (TPSA) is 68.5 Å². The minimum absolute atomic E-state index is 0.00533. The number of fused-ring (bicyclic) bond motifs is 2. The molecule has 1 N–H and O–H groups in total. The summed E-state index contributed by atoms with van der Waals surface area (Å²) in [5, 5.41) is 12.5. The van der Waals surface area contributed by atoms with Crippen LogP contribution in [0.1, 0.15) is 35.5 Å². The van der Waals surface area contributed by atoms with Crippen molar-refractivity contribution in [1.29, 1.82) is 0 Å². The second-order valence-corrected chi connectivity index (χ2v) is 8.70. The fourth-order valence-electron chi connectivity index (χ4n) is 3.92. The Balaban J connectivity index is 1.91. The van der Waals surface area contributed by atoms with Crippen molar-refractivity contribution in [3.63, 3.8) is 0 Å². The number of aromatic nitrogens is 1. The van der Waals surface area contributed by atoms with Gasteiger partial charge in [0.25, 0.3) is 0 Å². The molecule has 1 aromatic heterocycles. The van der Waals surface area contributed by atoms with E-state index in [0.29, 0.717) is 16.5 Å². The van der Waals surface area contributed by atoms with Gasteiger partial charge in [-0.25, -0.2) is 13.4 Å². The van der Waals surface area contributed by atoms with E-state index in [1.165, 1.54) is 12.1 Å². The number of benzene rings is 3. The molecular weight excluding hydrogens is 417 g/mol. The van der Waals surface area contributed by atoms with Gasteiger partial charge in [0.15, 0.2) is 11.1 Å². The van der Waals surface area contributed by atoms with E-state index in [4.69, 9.17) is 4.18 Å². The molecule has 0 fully saturated rings. The number of hydrogen-bond donors (Lipinski definition) is 1. The number of nitrogens with zero attached hydrogens (tertiary/aromatic N) is 1. The second kappa shape index (κ2) is 8.61. The van der Waals surface area contributed by atoms with Gasteiger partial charge in [-0.2, -0.15) is 0 Å². The first-order chi connectivity index (χ1) is 14.8. The van der Waals surface area contributed by atoms with Crippen LogP contribution in [0.25, 0.3) is 21.7 Å². The summed E-state index contributed by atoms with van der Waals surface area (Å²) in [5.74, 6) is -1.78. The summed E-state index contributed by atoms with van der Waals surface area (Å²) < 4.78 is 33.5. The van der Waals surface area contributed by atoms with Crippen molar-refractivity contribution >= 4 is 38.7 Å². The van der Waals surface area contributed by atoms with Crippen LogP contribution in [0, 0.1) is 5.82 Å². The van der Waals surface area contributed by atoms with E-state index < -0.39 is 22.9 Å². The molecule has 7 heteroatoms. The number of carboxylic acid groups (broad SMARTS) is 1. The molecule has 160 valence electrons. The lowest BCUT2D eigenvalue weighted by Gasteiger charge is -2.12. The SMILES string of the molecule is CC(C)OS(=O)Cc1c(C(=O)O)n(Cc2cccc3ccccc23)c2ccc(F)cc12. The minimum Gasteiger partial charge on any atom is -0.477 e. The fraction of sp³-hybridized carbons (Fsp3) is 0.208. The predicted octanol–water partition coefficient (Wildman–Crippen LogP) is 5.27. The number of rotatable bonds is 7. The fourth-order valence-corrected chi connectivity index (χ4v) is 4.94. The molecule has 1 atom stereocenters. The average Bonchev–Trinajstić information content (AvgIpc) is 3.00. The molecule has 0 aliphatic carbocycles. The second-order valence-electron chi connectivity index (χ2n) is 7.61. The van der Waals surface area contributed by atoms with Gasteiger partial charge in [0.1, 0.15) is 11.5 Å². The summed E-state index contributed by atoms with van der Waals surface area (Å²) in [4.78, 5) is 12.3. The Morgan fingerprint density at radius 3 is 2.58 bits per heavy atom. The minimum atomic E-state index is -1.75. The van der Waals surface area contributed by atoms with Crippen LogP contribution in [0.2, 0.25) is 0 Å². The van der Waals surface area contributed by atoms with Crippen molar-refractivity contribution in [2.24, 2.45) is 0 Å². The molecule has 3 aromatic carbocycles. The zero-order chi connectivity index (χ0) is 22.1. The van der Waals surface area contributed by atoms with Gasteiger partial charge in [0, 0.05) is 23.0 Å². The Kier molecular flexibility index (Phi) is 5.89. The molecule has 0 bridgehead atoms. The van der Waals surface area contributed by atoms with Gasteiger partial charge >= 0.3 is 5.97 Å². The van der Waals surface area contributed by atoms with Crippen molar-refractivity contribution in [3.05, 3.63) is 83.3 Å². The van der Waals surface area contributed by atoms with Crippen molar-refractivity contribution in [2.45, 2.75) is 32.2 Å². The van der Waals surface area contributed by atoms with Crippen molar-refractivity contribution in [1.82, 2.24) is 4.57 Å². The van der Waals surface area contributed by atoms with Gasteiger partial charge in [-0.15, -0.1) is 0 Å². The van der Waals surface area contributed by atoms with Crippen LogP contribution in [-0.2, 0) is 27.6 Å². The third-order valence-corrected chi connectivity index (χ3v) is 6.23. The highest BCUT2D eigenvalue weighted by Gasteiger charge is 2.25. The smallest absolute Gasteiger partial charge is 0.352 e. The number of aromatic carboxylic acids is 1. The van der Waals surface area contributed by atoms with Crippen LogP contribution < -0.4 is 0 Å². The van der Waals surface area contributed by atoms with Crippen molar-refractivity contribution in [3.8, 4) is 0 Å². The Hall–Kier alpha value is -3.03. The lowest BCUT2D eigenvalue weighted by Crippen LogP contribution is -2.14. The van der Waals surface area contributed by atoms with Gasteiger partial charge < -0.3 is 9.67 Å². The third kappa shape index (κ3) is 4.24. The van der Waals surface area contributed by atoms with Gasteiger partial charge in [-0.3, -0.25) is 4.18 Å². The summed E-state index contributed by atoms with van der Waals surface area (Å²) >= 11 is -1.75. The van der Waals surface area contributed by atoms with Crippen LogP contribution in [0.4, 0.5) is 4.39 Å². The highest BCUT2D eigenvalue weighted by molar-refractivity contribution is 7.79. The van der Waals surface area contributed by atoms with Gasteiger partial charge in [-0.1, -0.05) is 42.5 Å². The van der Waals surface area contributed by atoms with E-state index in [1.54, 1.807) is 24.5 Å². The van der Waals surface area contributed by atoms with E-state index >= 15 is 0 Å². The summed E-state index contributed by atoms with van der Waals surface area (Å²) in [6, 6.07) is 17.9. The van der Waals surface area contributed by atoms with E-state index in [1.807, 2.05) is 42.5 Å². The number of hydrogen-bond acceptors (Lipinski definition) is 3. The van der Waals surface area contributed by atoms with Gasteiger partial charge in [0.05, 0.1) is 11.9 Å². The molecule has 4 aromatic rings. The van der Waals surface area contributed by atoms with Crippen LogP contribution in [0.3, 0.4) is 0 Å². The molecule has 1 heterocycles. The lowest BCUT2D eigenvalue weighted by molar-refractivity contribution is 0.0685. The van der Waals surface area contributed by atoms with E-state index in [-0.39, 0.29) is 24.1 Å². The Bertz CT molecular complexity index is 1310. The molecule has 0 saturated carbocycles. The highest BCUT2D eigenvalue weighted by atomic mass is 32.2. The maximum atomic E-state index is 14.1. The van der Waals surface area contributed by atoms with Crippen LogP contribution in [-0.4, -0.2) is 26.0 Å². The lowest BCUT2D eigenvalue weighted by atomic mass is 10.0. The van der Waals surface area contributed by atoms with E-state index in [0.717, 1.165) is 16.3 Å². The number of carboxylic acids is 1. The molecule has 5 nitrogen and oxygen atoms in total. The van der Waals surface area contributed by atoms with E-state index in [9.17, 15) is 18.5 Å². The highest BCUT2D eigenvalue weighted by Crippen LogP contribution is 2.31. The van der Waals surface area contributed by atoms with Crippen molar-refractivity contribution < 1.29 is 22.7 Å². The molecule has 4 rings (SSSR count). The van der Waals surface area contributed by atoms with Crippen LogP contribution >= 0.6 is 0 Å². The first-order valence-electron chi connectivity index (χ1n) is 9.91. The van der Waals surface area contributed by atoms with Gasteiger partial charge in [-0.05, 0) is 48.4 Å². The largest absolute Gasteiger partial charge is 0.477 e. The molecule has 31 heavy (non-hydrogen) atoms. The average molecular weight is 440 g/mol. The zero-order valence-corrected chi connectivity index (χ0v) is 18.0. The normalized spacial score (nSPS) is 12.6. The Morgan fingerprint density at radius 1 is 1.10 bits per heavy atom. The molecule has 0 spiro atoms. The summed E-state index contributed by atoms with van der Waals surface area (Å²) in [6.45, 7) is 3.78. The molecule has 0 radical (unpaired) electrons. The maximum Gasteiger partial charge on any atom is 0.352 e. The zero-order valence-electron chi connectivity index (χ0n) is 17.2. The molecule has 0 aliphatic heterocycles. The molecule has 1 unspecified atom stereocenters. The van der Waals surface area contributed by atoms with Crippen LogP contribution in [0.5, 0.6) is 0 Å². The Labute approximate surface area is 181 Å². The molecular formula is C24H22FNO4S. The quantitative estimate of drug-likeness (QED) is 0.426. The molecule has 0 saturated heterocycles. The molecule has 0 aliphatic rings. The summed E-state index contributed by atoms with van der Waals surface area (Å²) in [7, 11) is 0. The van der Waals surface area contributed by atoms with Crippen molar-refractivity contribution in [2.75, 3.05) is 0 Å². The first-order valence-corrected chi connectivity index (χ1v) is 11.2. The third-order valence-electron chi connectivity index (χ3n) is 5.10. The monoisotopic (exact) mass is 439 g/mol. The summed E-state index contributed by atoms with van der Waals surface area (Å²) in [5.41, 5.74) is 1.81.